The van der Waals surface area contributed by atoms with Crippen LogP contribution in [-0.4, -0.2) is 50.1 Å². The smallest absolute Gasteiger partial charge is 0.244 e. The third-order valence-corrected chi connectivity index (χ3v) is 3.92. The summed E-state index contributed by atoms with van der Waals surface area (Å²) in [5.74, 6) is 0.210. The number of carbonyl (C=O) groups is 1. The molecule has 4 heteroatoms. The standard InChI is InChI=1S/C15H23N3O/c1-12-11-18(13-7-5-4-6-8-13)15(19)14(17(12)3)9-10-16-2/h4-8,12,14,16H,9-11H2,1-3H3. The van der Waals surface area contributed by atoms with Gasteiger partial charge in [-0.05, 0) is 46.1 Å². The van der Waals surface area contributed by atoms with Crippen LogP contribution >= 0.6 is 0 Å². The lowest BCUT2D eigenvalue weighted by atomic mass is 10.0. The number of piperazine rings is 1. The molecule has 1 aromatic carbocycles. The lowest BCUT2D eigenvalue weighted by molar-refractivity contribution is -0.126. The Balaban J connectivity index is 2.19. The molecular weight excluding hydrogens is 238 g/mol. The normalized spacial score (nSPS) is 24.8. The van der Waals surface area contributed by atoms with Crippen LogP contribution < -0.4 is 10.2 Å². The molecule has 19 heavy (non-hydrogen) atoms. The molecule has 0 aromatic heterocycles. The third-order valence-electron chi connectivity index (χ3n) is 3.92. The van der Waals surface area contributed by atoms with Gasteiger partial charge in [0.15, 0.2) is 0 Å². The molecule has 1 aliphatic heterocycles. The molecule has 1 aromatic rings. The van der Waals surface area contributed by atoms with Crippen molar-refractivity contribution in [2.75, 3.05) is 32.1 Å². The Labute approximate surface area is 115 Å². The summed E-state index contributed by atoms with van der Waals surface area (Å²) in [6, 6.07) is 10.3. The average molecular weight is 261 g/mol. The Hall–Kier alpha value is -1.39. The summed E-state index contributed by atoms with van der Waals surface area (Å²) < 4.78 is 0. The van der Waals surface area contributed by atoms with Crippen molar-refractivity contribution in [1.29, 1.82) is 0 Å². The van der Waals surface area contributed by atoms with Gasteiger partial charge in [-0.15, -0.1) is 0 Å². The molecule has 4 nitrogen and oxygen atoms in total. The maximum Gasteiger partial charge on any atom is 0.244 e. The van der Waals surface area contributed by atoms with Gasteiger partial charge >= 0.3 is 0 Å². The SMILES string of the molecule is CNCCC1C(=O)N(c2ccccc2)CC(C)N1C. The van der Waals surface area contributed by atoms with Gasteiger partial charge in [0.25, 0.3) is 0 Å². The zero-order valence-electron chi connectivity index (χ0n) is 12.0. The number of hydrogen-bond acceptors (Lipinski definition) is 3. The minimum absolute atomic E-state index is 0.0311. The first kappa shape index (κ1) is 14.0. The Kier molecular flexibility index (Phi) is 4.56. The van der Waals surface area contributed by atoms with Crippen molar-refractivity contribution in [2.45, 2.75) is 25.4 Å². The molecule has 2 atom stereocenters. The first-order valence-corrected chi connectivity index (χ1v) is 6.88. The Morgan fingerprint density at radius 2 is 2.00 bits per heavy atom. The first-order chi connectivity index (χ1) is 9.15. The number of nitrogens with zero attached hydrogens (tertiary/aromatic N) is 2. The second kappa shape index (κ2) is 6.17. The van der Waals surface area contributed by atoms with Crippen molar-refractivity contribution in [3.8, 4) is 0 Å². The third kappa shape index (κ3) is 2.96. The van der Waals surface area contributed by atoms with Gasteiger partial charge < -0.3 is 10.2 Å². The quantitative estimate of drug-likeness (QED) is 0.888. The molecule has 1 fully saturated rings. The van der Waals surface area contributed by atoms with E-state index in [0.717, 1.165) is 25.2 Å². The van der Waals surface area contributed by atoms with Gasteiger partial charge in [-0.25, -0.2) is 0 Å². The fourth-order valence-corrected chi connectivity index (χ4v) is 2.59. The van der Waals surface area contributed by atoms with E-state index < -0.39 is 0 Å². The molecule has 0 bridgehead atoms. The fraction of sp³-hybridized carbons (Fsp3) is 0.533. The van der Waals surface area contributed by atoms with Crippen LogP contribution in [0.2, 0.25) is 0 Å². The number of nitrogens with one attached hydrogen (secondary N) is 1. The number of benzene rings is 1. The number of anilines is 1. The average Bonchev–Trinajstić information content (AvgIpc) is 2.44. The van der Waals surface area contributed by atoms with Gasteiger partial charge in [-0.1, -0.05) is 18.2 Å². The van der Waals surface area contributed by atoms with E-state index in [9.17, 15) is 4.79 Å². The van der Waals surface area contributed by atoms with E-state index in [1.54, 1.807) is 0 Å². The van der Waals surface area contributed by atoms with Crippen LogP contribution in [0.4, 0.5) is 5.69 Å². The van der Waals surface area contributed by atoms with E-state index in [1.165, 1.54) is 0 Å². The number of rotatable bonds is 4. The summed E-state index contributed by atoms with van der Waals surface area (Å²) in [4.78, 5) is 16.8. The van der Waals surface area contributed by atoms with Crippen LogP contribution in [0, 0.1) is 0 Å². The molecule has 1 N–H and O–H groups in total. The highest BCUT2D eigenvalue weighted by molar-refractivity contribution is 5.98. The maximum atomic E-state index is 12.6. The molecule has 1 heterocycles. The number of carbonyl (C=O) groups excluding carboxylic acids is 1. The molecule has 1 amide bonds. The minimum Gasteiger partial charge on any atom is -0.320 e. The molecule has 0 saturated carbocycles. The van der Waals surface area contributed by atoms with Crippen LogP contribution in [0.5, 0.6) is 0 Å². The van der Waals surface area contributed by atoms with Gasteiger partial charge in [0.2, 0.25) is 5.91 Å². The molecule has 2 unspecified atom stereocenters. The summed E-state index contributed by atoms with van der Waals surface area (Å²) in [6.45, 7) is 3.79. The monoisotopic (exact) mass is 261 g/mol. The molecule has 0 spiro atoms. The molecule has 0 radical (unpaired) electrons. The van der Waals surface area contributed by atoms with E-state index in [0.29, 0.717) is 6.04 Å². The fourth-order valence-electron chi connectivity index (χ4n) is 2.59. The zero-order valence-corrected chi connectivity index (χ0v) is 12.0. The van der Waals surface area contributed by atoms with Crippen LogP contribution in [0.1, 0.15) is 13.3 Å². The van der Waals surface area contributed by atoms with Crippen molar-refractivity contribution in [1.82, 2.24) is 10.2 Å². The Bertz CT molecular complexity index is 421. The Morgan fingerprint density at radius 1 is 1.32 bits per heavy atom. The lowest BCUT2D eigenvalue weighted by Gasteiger charge is -2.43. The number of amides is 1. The Morgan fingerprint density at radius 3 is 2.63 bits per heavy atom. The van der Waals surface area contributed by atoms with E-state index in [1.807, 2.05) is 49.3 Å². The topological polar surface area (TPSA) is 35.6 Å². The van der Waals surface area contributed by atoms with Crippen molar-refractivity contribution >= 4 is 11.6 Å². The van der Waals surface area contributed by atoms with Crippen LogP contribution in [0.15, 0.2) is 30.3 Å². The first-order valence-electron chi connectivity index (χ1n) is 6.88. The summed E-state index contributed by atoms with van der Waals surface area (Å²) >= 11 is 0. The maximum absolute atomic E-state index is 12.6. The predicted octanol–water partition coefficient (Wildman–Crippen LogP) is 1.33. The molecule has 104 valence electrons. The van der Waals surface area contributed by atoms with Gasteiger partial charge in [0, 0.05) is 18.3 Å². The largest absolute Gasteiger partial charge is 0.320 e. The molecule has 1 saturated heterocycles. The zero-order chi connectivity index (χ0) is 13.8. The second-order valence-electron chi connectivity index (χ2n) is 5.21. The summed E-state index contributed by atoms with van der Waals surface area (Å²) in [6.07, 6.45) is 0.847. The highest BCUT2D eigenvalue weighted by atomic mass is 16.2. The number of hydrogen-bond donors (Lipinski definition) is 1. The van der Waals surface area contributed by atoms with Gasteiger partial charge in [0.1, 0.15) is 0 Å². The van der Waals surface area contributed by atoms with Crippen LogP contribution in [0.3, 0.4) is 0 Å². The summed E-state index contributed by atoms with van der Waals surface area (Å²) in [5.41, 5.74) is 1.00. The minimum atomic E-state index is -0.0311. The van der Waals surface area contributed by atoms with E-state index >= 15 is 0 Å². The van der Waals surface area contributed by atoms with Crippen LogP contribution in [-0.2, 0) is 4.79 Å². The van der Waals surface area contributed by atoms with Gasteiger partial charge in [-0.2, -0.15) is 0 Å². The molecule has 1 aliphatic rings. The summed E-state index contributed by atoms with van der Waals surface area (Å²) in [7, 11) is 3.97. The predicted molar refractivity (Wildman–Crippen MR) is 78.4 cm³/mol. The number of para-hydroxylation sites is 1. The number of likely N-dealkylation sites (N-methyl/N-ethyl adjacent to an activating group) is 1. The van der Waals surface area contributed by atoms with Crippen molar-refractivity contribution < 1.29 is 4.79 Å². The van der Waals surface area contributed by atoms with Crippen molar-refractivity contribution in [3.63, 3.8) is 0 Å². The van der Waals surface area contributed by atoms with Crippen molar-refractivity contribution in [3.05, 3.63) is 30.3 Å². The molecular formula is C15H23N3O. The summed E-state index contributed by atoms with van der Waals surface area (Å²) in [5, 5.41) is 3.13. The van der Waals surface area contributed by atoms with Gasteiger partial charge in [-0.3, -0.25) is 9.69 Å². The molecule has 0 aliphatic carbocycles. The van der Waals surface area contributed by atoms with E-state index in [2.05, 4.69) is 17.1 Å². The lowest BCUT2D eigenvalue weighted by Crippen LogP contribution is -2.60. The highest BCUT2D eigenvalue weighted by Gasteiger charge is 2.36. The highest BCUT2D eigenvalue weighted by Crippen LogP contribution is 2.23. The van der Waals surface area contributed by atoms with Crippen molar-refractivity contribution in [2.24, 2.45) is 0 Å². The van der Waals surface area contributed by atoms with Crippen LogP contribution in [0.25, 0.3) is 0 Å². The van der Waals surface area contributed by atoms with Gasteiger partial charge in [0.05, 0.1) is 6.04 Å². The van der Waals surface area contributed by atoms with E-state index in [-0.39, 0.29) is 11.9 Å². The molecule has 2 rings (SSSR count). The second-order valence-corrected chi connectivity index (χ2v) is 5.21. The van der Waals surface area contributed by atoms with E-state index in [4.69, 9.17) is 0 Å².